The molecule has 21 heavy (non-hydrogen) atoms. The second-order valence-electron chi connectivity index (χ2n) is 5.21. The number of nitrogens with one attached hydrogen (secondary N) is 2. The van der Waals surface area contributed by atoms with Crippen LogP contribution in [0.15, 0.2) is 5.16 Å². The quantitative estimate of drug-likeness (QED) is 0.647. The van der Waals surface area contributed by atoms with Gasteiger partial charge in [-0.2, -0.15) is 0 Å². The van der Waals surface area contributed by atoms with Crippen molar-refractivity contribution < 1.29 is 9.59 Å². The van der Waals surface area contributed by atoms with Gasteiger partial charge in [0.1, 0.15) is 5.82 Å². The molecule has 1 saturated carbocycles. The van der Waals surface area contributed by atoms with Gasteiger partial charge < -0.3 is 4.57 Å². The number of aromatic nitrogens is 3. The summed E-state index contributed by atoms with van der Waals surface area (Å²) in [6.07, 6.45) is 6.04. The Morgan fingerprint density at radius 2 is 1.95 bits per heavy atom. The van der Waals surface area contributed by atoms with Crippen molar-refractivity contribution in [2.75, 3.05) is 5.75 Å². The first kappa shape index (κ1) is 15.8. The third kappa shape index (κ3) is 4.45. The number of aryl methyl sites for hydroxylation is 1. The molecule has 0 aliphatic heterocycles. The second-order valence-corrected chi connectivity index (χ2v) is 6.15. The maximum atomic E-state index is 11.6. The highest BCUT2D eigenvalue weighted by Gasteiger charge is 2.21. The van der Waals surface area contributed by atoms with Crippen molar-refractivity contribution in [2.45, 2.75) is 57.1 Å². The van der Waals surface area contributed by atoms with Crippen molar-refractivity contribution in [3.05, 3.63) is 5.82 Å². The van der Waals surface area contributed by atoms with Crippen molar-refractivity contribution in [2.24, 2.45) is 0 Å². The Kier molecular flexibility index (Phi) is 5.60. The number of thioether (sulfide) groups is 1. The number of amides is 2. The Balaban J connectivity index is 1.94. The SMILES string of the molecule is CC(=O)NNC(=O)CSc1nnc(C)n1C1CCCCC1. The molecule has 1 aliphatic carbocycles. The first-order chi connectivity index (χ1) is 10.1. The van der Waals surface area contributed by atoms with Gasteiger partial charge in [0.25, 0.3) is 0 Å². The van der Waals surface area contributed by atoms with Gasteiger partial charge in [-0.25, -0.2) is 0 Å². The molecule has 2 rings (SSSR count). The molecule has 116 valence electrons. The molecule has 1 aliphatic rings. The van der Waals surface area contributed by atoms with E-state index in [4.69, 9.17) is 0 Å². The smallest absolute Gasteiger partial charge is 0.248 e. The molecule has 1 fully saturated rings. The molecule has 2 N–H and O–H groups in total. The molecule has 0 spiro atoms. The predicted octanol–water partition coefficient (Wildman–Crippen LogP) is 1.35. The third-order valence-electron chi connectivity index (χ3n) is 3.49. The maximum Gasteiger partial charge on any atom is 0.248 e. The summed E-state index contributed by atoms with van der Waals surface area (Å²) in [7, 11) is 0. The zero-order chi connectivity index (χ0) is 15.2. The van der Waals surface area contributed by atoms with E-state index in [1.807, 2.05) is 6.92 Å². The largest absolute Gasteiger partial charge is 0.303 e. The van der Waals surface area contributed by atoms with E-state index in [1.54, 1.807) is 0 Å². The van der Waals surface area contributed by atoms with Crippen LogP contribution in [0.2, 0.25) is 0 Å². The Hall–Kier alpha value is -1.57. The maximum absolute atomic E-state index is 11.6. The molecule has 1 heterocycles. The second kappa shape index (κ2) is 7.44. The van der Waals surface area contributed by atoms with Crippen molar-refractivity contribution in [1.29, 1.82) is 0 Å². The summed E-state index contributed by atoms with van der Waals surface area (Å²) in [5.41, 5.74) is 4.61. The van der Waals surface area contributed by atoms with Crippen LogP contribution in [0.3, 0.4) is 0 Å². The fourth-order valence-corrected chi connectivity index (χ4v) is 3.38. The fraction of sp³-hybridized carbons (Fsp3) is 0.692. The number of nitrogens with zero attached hydrogens (tertiary/aromatic N) is 3. The van der Waals surface area contributed by atoms with Gasteiger partial charge in [0.2, 0.25) is 11.8 Å². The highest BCUT2D eigenvalue weighted by molar-refractivity contribution is 7.99. The predicted molar refractivity (Wildman–Crippen MR) is 79.6 cm³/mol. The molecule has 0 atom stereocenters. The van der Waals surface area contributed by atoms with E-state index in [0.29, 0.717) is 6.04 Å². The van der Waals surface area contributed by atoms with Crippen LogP contribution in [0, 0.1) is 6.92 Å². The van der Waals surface area contributed by atoms with E-state index in [-0.39, 0.29) is 17.6 Å². The lowest BCUT2D eigenvalue weighted by atomic mass is 9.95. The van der Waals surface area contributed by atoms with E-state index < -0.39 is 0 Å². The van der Waals surface area contributed by atoms with Crippen molar-refractivity contribution >= 4 is 23.6 Å². The van der Waals surface area contributed by atoms with Crippen LogP contribution in [0.1, 0.15) is 50.9 Å². The molecule has 0 saturated heterocycles. The van der Waals surface area contributed by atoms with Crippen LogP contribution < -0.4 is 10.9 Å². The lowest BCUT2D eigenvalue weighted by Crippen LogP contribution is -2.41. The Morgan fingerprint density at radius 3 is 2.62 bits per heavy atom. The molecule has 7 nitrogen and oxygen atoms in total. The Bertz CT molecular complexity index is 511. The van der Waals surface area contributed by atoms with Gasteiger partial charge in [-0.1, -0.05) is 31.0 Å². The third-order valence-corrected chi connectivity index (χ3v) is 4.43. The molecule has 1 aromatic rings. The van der Waals surface area contributed by atoms with Crippen molar-refractivity contribution in [1.82, 2.24) is 25.6 Å². The number of rotatable bonds is 4. The van der Waals surface area contributed by atoms with Gasteiger partial charge >= 0.3 is 0 Å². The number of carbonyl (C=O) groups is 2. The molecule has 1 aromatic heterocycles. The van der Waals surface area contributed by atoms with Crippen molar-refractivity contribution in [3.63, 3.8) is 0 Å². The van der Waals surface area contributed by atoms with Gasteiger partial charge in [0.15, 0.2) is 5.16 Å². The molecular formula is C13H21N5O2S. The summed E-state index contributed by atoms with van der Waals surface area (Å²) >= 11 is 1.35. The summed E-state index contributed by atoms with van der Waals surface area (Å²) in [5.74, 6) is 0.540. The van der Waals surface area contributed by atoms with E-state index in [0.717, 1.165) is 23.8 Å². The highest BCUT2D eigenvalue weighted by Crippen LogP contribution is 2.32. The van der Waals surface area contributed by atoms with Crippen LogP contribution >= 0.6 is 11.8 Å². The molecular weight excluding hydrogens is 290 g/mol. The Labute approximate surface area is 128 Å². The van der Waals surface area contributed by atoms with Crippen LogP contribution in [-0.4, -0.2) is 32.3 Å². The zero-order valence-corrected chi connectivity index (χ0v) is 13.2. The van der Waals surface area contributed by atoms with Gasteiger partial charge in [0.05, 0.1) is 5.75 Å². The summed E-state index contributed by atoms with van der Waals surface area (Å²) < 4.78 is 2.15. The standard InChI is InChI=1S/C13H21N5O2S/c1-9-14-17-13(18(9)11-6-4-3-5-7-11)21-8-12(20)16-15-10(2)19/h11H,3-8H2,1-2H3,(H,15,19)(H,16,20). The normalized spacial score (nSPS) is 15.7. The first-order valence-corrected chi connectivity index (χ1v) is 8.16. The van der Waals surface area contributed by atoms with Gasteiger partial charge in [-0.05, 0) is 19.8 Å². The lowest BCUT2D eigenvalue weighted by molar-refractivity contribution is -0.126. The highest BCUT2D eigenvalue weighted by atomic mass is 32.2. The van der Waals surface area contributed by atoms with Gasteiger partial charge in [0, 0.05) is 13.0 Å². The van der Waals surface area contributed by atoms with Crippen LogP contribution in [0.4, 0.5) is 0 Å². The summed E-state index contributed by atoms with van der Waals surface area (Å²) in [6, 6.07) is 0.439. The summed E-state index contributed by atoms with van der Waals surface area (Å²) in [5, 5.41) is 9.08. The van der Waals surface area contributed by atoms with Gasteiger partial charge in [-0.15, -0.1) is 10.2 Å². The topological polar surface area (TPSA) is 88.9 Å². The van der Waals surface area contributed by atoms with Crippen molar-refractivity contribution in [3.8, 4) is 0 Å². The van der Waals surface area contributed by atoms with Crippen LogP contribution in [0.25, 0.3) is 0 Å². The van der Waals surface area contributed by atoms with E-state index in [9.17, 15) is 9.59 Å². The lowest BCUT2D eigenvalue weighted by Gasteiger charge is -2.24. The summed E-state index contributed by atoms with van der Waals surface area (Å²) in [6.45, 7) is 3.29. The molecule has 0 unspecified atom stereocenters. The molecule has 2 amide bonds. The monoisotopic (exact) mass is 311 g/mol. The minimum atomic E-state index is -0.297. The average molecular weight is 311 g/mol. The molecule has 8 heteroatoms. The summed E-state index contributed by atoms with van der Waals surface area (Å²) in [4.78, 5) is 22.3. The van der Waals surface area contributed by atoms with E-state index >= 15 is 0 Å². The van der Waals surface area contributed by atoms with Crippen LogP contribution in [-0.2, 0) is 9.59 Å². The number of hydrazine groups is 1. The zero-order valence-electron chi connectivity index (χ0n) is 12.4. The minimum absolute atomic E-state index is 0.200. The number of hydrogen-bond acceptors (Lipinski definition) is 5. The fourth-order valence-electron chi connectivity index (χ4n) is 2.53. The molecule has 0 aromatic carbocycles. The average Bonchev–Trinajstić information content (AvgIpc) is 2.84. The number of hydrogen-bond donors (Lipinski definition) is 2. The molecule has 0 bridgehead atoms. The molecule has 0 radical (unpaired) electrons. The van der Waals surface area contributed by atoms with E-state index in [2.05, 4.69) is 25.6 Å². The first-order valence-electron chi connectivity index (χ1n) is 7.17. The minimum Gasteiger partial charge on any atom is -0.303 e. The van der Waals surface area contributed by atoms with Crippen LogP contribution in [0.5, 0.6) is 0 Å². The van der Waals surface area contributed by atoms with E-state index in [1.165, 1.54) is 37.9 Å². The van der Waals surface area contributed by atoms with Gasteiger partial charge in [-0.3, -0.25) is 20.4 Å². The Morgan fingerprint density at radius 1 is 1.24 bits per heavy atom. The number of carbonyl (C=O) groups excluding carboxylic acids is 2.